The highest BCUT2D eigenvalue weighted by Gasteiger charge is 2.54. The van der Waals surface area contributed by atoms with E-state index in [9.17, 15) is 9.90 Å². The van der Waals surface area contributed by atoms with Crippen LogP contribution in [-0.2, 0) is 15.1 Å². The number of hydrogen-bond acceptors (Lipinski definition) is 4. The molecule has 0 bridgehead atoms. The molecular formula is C11H15N3O3. The second-order valence-electron chi connectivity index (χ2n) is 5.00. The van der Waals surface area contributed by atoms with Crippen molar-refractivity contribution < 1.29 is 14.6 Å². The summed E-state index contributed by atoms with van der Waals surface area (Å²) in [7, 11) is 0. The molecule has 1 aromatic rings. The third kappa shape index (κ3) is 1.47. The quantitative estimate of drug-likeness (QED) is 0.822. The highest BCUT2D eigenvalue weighted by molar-refractivity contribution is 5.77. The van der Waals surface area contributed by atoms with Gasteiger partial charge >= 0.3 is 5.97 Å². The molecule has 1 atom stereocenters. The molecule has 2 heterocycles. The van der Waals surface area contributed by atoms with Crippen LogP contribution in [0.5, 0.6) is 0 Å². The largest absolute Gasteiger partial charge is 0.479 e. The molecule has 17 heavy (non-hydrogen) atoms. The van der Waals surface area contributed by atoms with Gasteiger partial charge in [-0.3, -0.25) is 0 Å². The van der Waals surface area contributed by atoms with Crippen LogP contribution in [0.15, 0.2) is 12.4 Å². The van der Waals surface area contributed by atoms with Crippen LogP contribution in [0.4, 0.5) is 0 Å². The second kappa shape index (κ2) is 3.53. The third-order valence-electron chi connectivity index (χ3n) is 4.06. The van der Waals surface area contributed by atoms with Crippen LogP contribution in [-0.4, -0.2) is 38.3 Å². The smallest absolute Gasteiger partial charge is 0.331 e. The number of carbonyl (C=O) groups is 1. The van der Waals surface area contributed by atoms with Crippen LogP contribution < -0.4 is 0 Å². The maximum Gasteiger partial charge on any atom is 0.331 e. The van der Waals surface area contributed by atoms with Gasteiger partial charge in [0.25, 0.3) is 0 Å². The van der Waals surface area contributed by atoms with Gasteiger partial charge in [-0.2, -0.15) is 0 Å². The minimum Gasteiger partial charge on any atom is -0.479 e. The summed E-state index contributed by atoms with van der Waals surface area (Å²) in [5.41, 5.74) is -1.21. The Morgan fingerprint density at radius 1 is 1.41 bits per heavy atom. The Balaban J connectivity index is 1.97. The van der Waals surface area contributed by atoms with Crippen LogP contribution in [0.3, 0.4) is 0 Å². The van der Waals surface area contributed by atoms with Gasteiger partial charge in [0.1, 0.15) is 0 Å². The van der Waals surface area contributed by atoms with E-state index in [2.05, 4.69) is 10.3 Å². The zero-order valence-corrected chi connectivity index (χ0v) is 9.50. The number of ether oxygens (including phenoxy) is 1. The van der Waals surface area contributed by atoms with Gasteiger partial charge in [-0.05, 0) is 19.3 Å². The van der Waals surface area contributed by atoms with Crippen molar-refractivity contribution in [1.29, 1.82) is 0 Å². The zero-order valence-electron chi connectivity index (χ0n) is 9.50. The highest BCUT2D eigenvalue weighted by atomic mass is 16.5. The van der Waals surface area contributed by atoms with Gasteiger partial charge in [-0.1, -0.05) is 5.21 Å². The number of hydrogen-bond donors (Lipinski definition) is 1. The van der Waals surface area contributed by atoms with Crippen molar-refractivity contribution in [3.8, 4) is 0 Å². The molecule has 0 amide bonds. The predicted octanol–water partition coefficient (Wildman–Crippen LogP) is 0.791. The molecule has 2 fully saturated rings. The number of rotatable bonds is 2. The number of carboxylic acids is 1. The van der Waals surface area contributed by atoms with Crippen LogP contribution >= 0.6 is 0 Å². The number of nitrogens with zero attached hydrogens (tertiary/aromatic N) is 3. The van der Waals surface area contributed by atoms with Crippen molar-refractivity contribution in [3.63, 3.8) is 0 Å². The summed E-state index contributed by atoms with van der Waals surface area (Å²) in [5, 5.41) is 17.2. The Kier molecular flexibility index (Phi) is 2.22. The molecule has 1 aliphatic heterocycles. The maximum atomic E-state index is 11.7. The summed E-state index contributed by atoms with van der Waals surface area (Å²) in [6.07, 6.45) is 7.13. The first-order valence-corrected chi connectivity index (χ1v) is 5.91. The Labute approximate surface area is 98.6 Å². The van der Waals surface area contributed by atoms with E-state index in [0.717, 1.165) is 19.3 Å². The SMILES string of the molecule is O=C(O)C1(n2ccnn2)CCOC2(CCC2)C1. The van der Waals surface area contributed by atoms with E-state index in [-0.39, 0.29) is 5.60 Å². The first-order valence-electron chi connectivity index (χ1n) is 5.91. The van der Waals surface area contributed by atoms with Gasteiger partial charge in [0.15, 0.2) is 5.54 Å². The molecule has 1 N–H and O–H groups in total. The number of aromatic nitrogens is 3. The fourth-order valence-corrected chi connectivity index (χ4v) is 2.91. The highest BCUT2D eigenvalue weighted by Crippen LogP contribution is 2.48. The lowest BCUT2D eigenvalue weighted by molar-refractivity contribution is -0.185. The fourth-order valence-electron chi connectivity index (χ4n) is 2.91. The van der Waals surface area contributed by atoms with Crippen molar-refractivity contribution in [2.75, 3.05) is 6.61 Å². The van der Waals surface area contributed by atoms with E-state index in [1.807, 2.05) is 0 Å². The summed E-state index contributed by atoms with van der Waals surface area (Å²) in [6.45, 7) is 0.478. The van der Waals surface area contributed by atoms with Crippen molar-refractivity contribution in [2.45, 2.75) is 43.2 Å². The molecule has 1 aromatic heterocycles. The van der Waals surface area contributed by atoms with Crippen LogP contribution in [0.2, 0.25) is 0 Å². The summed E-state index contributed by atoms with van der Waals surface area (Å²) in [6, 6.07) is 0. The molecule has 1 saturated carbocycles. The van der Waals surface area contributed by atoms with Gasteiger partial charge in [-0.15, -0.1) is 5.10 Å². The molecule has 1 aliphatic carbocycles. The fraction of sp³-hybridized carbons (Fsp3) is 0.727. The van der Waals surface area contributed by atoms with Crippen LogP contribution in [0.25, 0.3) is 0 Å². The van der Waals surface area contributed by atoms with E-state index in [4.69, 9.17) is 4.74 Å². The lowest BCUT2D eigenvalue weighted by atomic mass is 9.69. The van der Waals surface area contributed by atoms with Gasteiger partial charge < -0.3 is 9.84 Å². The Bertz CT molecular complexity index is 427. The van der Waals surface area contributed by atoms with E-state index in [1.165, 1.54) is 10.9 Å². The topological polar surface area (TPSA) is 77.2 Å². The monoisotopic (exact) mass is 237 g/mol. The van der Waals surface area contributed by atoms with E-state index >= 15 is 0 Å². The Morgan fingerprint density at radius 3 is 2.76 bits per heavy atom. The normalized spacial score (nSPS) is 31.1. The van der Waals surface area contributed by atoms with Gasteiger partial charge in [0, 0.05) is 19.0 Å². The molecule has 1 spiro atoms. The Morgan fingerprint density at radius 2 is 2.24 bits per heavy atom. The lowest BCUT2D eigenvalue weighted by Gasteiger charge is -2.50. The van der Waals surface area contributed by atoms with Crippen molar-refractivity contribution in [3.05, 3.63) is 12.4 Å². The van der Waals surface area contributed by atoms with Crippen molar-refractivity contribution in [1.82, 2.24) is 15.0 Å². The summed E-state index contributed by atoms with van der Waals surface area (Å²) >= 11 is 0. The van der Waals surface area contributed by atoms with Crippen molar-refractivity contribution in [2.24, 2.45) is 0 Å². The molecule has 1 unspecified atom stereocenters. The standard InChI is InChI=1S/C11H15N3O3/c15-9(16)11(14-6-5-12-13-14)4-7-17-10(8-11)2-1-3-10/h5-6H,1-4,7-8H2,(H,15,16). The minimum atomic E-state index is -0.977. The van der Waals surface area contributed by atoms with Crippen molar-refractivity contribution >= 4 is 5.97 Å². The molecule has 3 rings (SSSR count). The second-order valence-corrected chi connectivity index (χ2v) is 5.00. The summed E-state index contributed by atoms with van der Waals surface area (Å²) < 4.78 is 7.26. The Hall–Kier alpha value is -1.43. The van der Waals surface area contributed by atoms with E-state index < -0.39 is 11.5 Å². The first kappa shape index (κ1) is 10.7. The average Bonchev–Trinajstić information content (AvgIpc) is 2.80. The molecule has 2 aliphatic rings. The molecule has 0 aromatic carbocycles. The van der Waals surface area contributed by atoms with Gasteiger partial charge in [-0.25, -0.2) is 9.48 Å². The van der Waals surface area contributed by atoms with Crippen LogP contribution in [0, 0.1) is 0 Å². The molecule has 92 valence electrons. The lowest BCUT2D eigenvalue weighted by Crippen LogP contribution is -2.57. The third-order valence-corrected chi connectivity index (χ3v) is 4.06. The van der Waals surface area contributed by atoms with Crippen LogP contribution in [0.1, 0.15) is 32.1 Å². The first-order chi connectivity index (χ1) is 8.17. The summed E-state index contributed by atoms with van der Waals surface area (Å²) in [4.78, 5) is 11.7. The summed E-state index contributed by atoms with van der Waals surface area (Å²) in [5.74, 6) is -0.836. The molecule has 6 heteroatoms. The average molecular weight is 237 g/mol. The molecule has 1 saturated heterocycles. The maximum absolute atomic E-state index is 11.7. The number of carboxylic acid groups (broad SMARTS) is 1. The van der Waals surface area contributed by atoms with Gasteiger partial charge in [0.05, 0.1) is 18.4 Å². The predicted molar refractivity (Wildman–Crippen MR) is 57.4 cm³/mol. The van der Waals surface area contributed by atoms with E-state index in [1.54, 1.807) is 6.20 Å². The molecule has 0 radical (unpaired) electrons. The van der Waals surface area contributed by atoms with E-state index in [0.29, 0.717) is 19.4 Å². The molecular weight excluding hydrogens is 222 g/mol. The molecule has 6 nitrogen and oxygen atoms in total. The number of aliphatic carboxylic acids is 1. The van der Waals surface area contributed by atoms with Gasteiger partial charge in [0.2, 0.25) is 0 Å². The zero-order chi connectivity index (χ0) is 11.9. The minimum absolute atomic E-state index is 0.234.